The van der Waals surface area contributed by atoms with Crippen LogP contribution < -0.4 is 0 Å². The monoisotopic (exact) mass is 242 g/mol. The number of ketones is 1. The first-order valence-corrected chi connectivity index (χ1v) is 6.33. The molecule has 0 amide bonds. The highest BCUT2D eigenvalue weighted by Gasteiger charge is 2.23. The molecular formula is C16H18O2. The van der Waals surface area contributed by atoms with E-state index in [1.54, 1.807) is 6.92 Å². The lowest BCUT2D eigenvalue weighted by Gasteiger charge is -2.19. The number of rotatable bonds is 4. The Bertz CT molecular complexity index is 555. The van der Waals surface area contributed by atoms with E-state index in [0.29, 0.717) is 6.42 Å². The third kappa shape index (κ3) is 2.29. The molecule has 94 valence electrons. The number of hydrogen-bond donors (Lipinski definition) is 1. The zero-order chi connectivity index (χ0) is 13.1. The molecule has 2 atom stereocenters. The van der Waals surface area contributed by atoms with E-state index >= 15 is 0 Å². The van der Waals surface area contributed by atoms with Crippen LogP contribution in [0.2, 0.25) is 0 Å². The van der Waals surface area contributed by atoms with Crippen LogP contribution in [0, 0.1) is 5.92 Å². The summed E-state index contributed by atoms with van der Waals surface area (Å²) in [7, 11) is 0. The molecule has 0 saturated carbocycles. The number of fused-ring (bicyclic) bond motifs is 1. The fraction of sp³-hybridized carbons (Fsp3) is 0.312. The fourth-order valence-corrected chi connectivity index (χ4v) is 2.28. The minimum atomic E-state index is -0.733. The lowest BCUT2D eigenvalue weighted by atomic mass is 9.90. The van der Waals surface area contributed by atoms with Crippen molar-refractivity contribution in [2.45, 2.75) is 26.4 Å². The summed E-state index contributed by atoms with van der Waals surface area (Å²) in [5.74, 6) is -0.267. The van der Waals surface area contributed by atoms with Crippen LogP contribution in [0.15, 0.2) is 42.5 Å². The Morgan fingerprint density at radius 2 is 1.83 bits per heavy atom. The smallest absolute Gasteiger partial charge is 0.138 e. The first kappa shape index (κ1) is 12.8. The van der Waals surface area contributed by atoms with Gasteiger partial charge in [-0.05, 0) is 16.3 Å². The molecule has 0 aliphatic heterocycles. The van der Waals surface area contributed by atoms with Gasteiger partial charge in [-0.15, -0.1) is 0 Å². The maximum absolute atomic E-state index is 11.7. The summed E-state index contributed by atoms with van der Waals surface area (Å²) < 4.78 is 0. The standard InChI is InChI=1S/C16H18O2/c1-3-15(17)11(2)16(18)14-10-6-8-12-7-4-5-9-13(12)14/h4-11,16,18H,3H2,1-2H3/t11-,16+/m0/s1. The maximum atomic E-state index is 11.7. The van der Waals surface area contributed by atoms with E-state index < -0.39 is 6.10 Å². The minimum absolute atomic E-state index is 0.0930. The third-order valence-corrected chi connectivity index (χ3v) is 3.47. The van der Waals surface area contributed by atoms with Crippen molar-refractivity contribution in [2.24, 2.45) is 5.92 Å². The van der Waals surface area contributed by atoms with E-state index in [9.17, 15) is 9.90 Å². The zero-order valence-corrected chi connectivity index (χ0v) is 10.8. The number of hydrogen-bond acceptors (Lipinski definition) is 2. The summed E-state index contributed by atoms with van der Waals surface area (Å²) in [6.45, 7) is 3.62. The SMILES string of the molecule is CCC(=O)[C@H](C)[C@@H](O)c1cccc2ccccc12. The molecule has 2 heteroatoms. The Hall–Kier alpha value is -1.67. The molecule has 0 fully saturated rings. The van der Waals surface area contributed by atoms with Crippen molar-refractivity contribution < 1.29 is 9.90 Å². The van der Waals surface area contributed by atoms with Gasteiger partial charge in [0.1, 0.15) is 5.78 Å². The highest BCUT2D eigenvalue weighted by Crippen LogP contribution is 2.29. The minimum Gasteiger partial charge on any atom is -0.388 e. The van der Waals surface area contributed by atoms with E-state index in [2.05, 4.69) is 0 Å². The van der Waals surface area contributed by atoms with Gasteiger partial charge in [0.05, 0.1) is 6.10 Å². The number of aliphatic hydroxyl groups is 1. The Kier molecular flexibility index (Phi) is 3.78. The Morgan fingerprint density at radius 1 is 1.17 bits per heavy atom. The fourth-order valence-electron chi connectivity index (χ4n) is 2.28. The second-order valence-electron chi connectivity index (χ2n) is 4.62. The van der Waals surface area contributed by atoms with Crippen molar-refractivity contribution in [1.29, 1.82) is 0 Å². The van der Waals surface area contributed by atoms with E-state index in [0.717, 1.165) is 16.3 Å². The van der Waals surface area contributed by atoms with Crippen molar-refractivity contribution in [1.82, 2.24) is 0 Å². The van der Waals surface area contributed by atoms with Crippen molar-refractivity contribution >= 4 is 16.6 Å². The highest BCUT2D eigenvalue weighted by molar-refractivity contribution is 5.87. The average Bonchev–Trinajstić information content (AvgIpc) is 2.44. The van der Waals surface area contributed by atoms with Gasteiger partial charge in [0.25, 0.3) is 0 Å². The lowest BCUT2D eigenvalue weighted by molar-refractivity contribution is -0.125. The topological polar surface area (TPSA) is 37.3 Å². The van der Waals surface area contributed by atoms with Crippen molar-refractivity contribution in [3.8, 4) is 0 Å². The van der Waals surface area contributed by atoms with Gasteiger partial charge in [0, 0.05) is 12.3 Å². The maximum Gasteiger partial charge on any atom is 0.138 e. The van der Waals surface area contributed by atoms with Gasteiger partial charge < -0.3 is 5.11 Å². The van der Waals surface area contributed by atoms with Crippen LogP contribution in [-0.2, 0) is 4.79 Å². The van der Waals surface area contributed by atoms with E-state index in [4.69, 9.17) is 0 Å². The number of aliphatic hydroxyl groups excluding tert-OH is 1. The predicted octanol–water partition coefficient (Wildman–Crippen LogP) is 3.49. The molecule has 0 heterocycles. The van der Waals surface area contributed by atoms with Gasteiger partial charge in [-0.2, -0.15) is 0 Å². The van der Waals surface area contributed by atoms with Crippen LogP contribution in [0.25, 0.3) is 10.8 Å². The number of benzene rings is 2. The summed E-state index contributed by atoms with van der Waals surface area (Å²) in [4.78, 5) is 11.7. The molecule has 2 aromatic carbocycles. The quantitative estimate of drug-likeness (QED) is 0.891. The normalized spacial score (nSPS) is 14.4. The summed E-state index contributed by atoms with van der Waals surface area (Å²) >= 11 is 0. The largest absolute Gasteiger partial charge is 0.388 e. The molecule has 2 aromatic rings. The van der Waals surface area contributed by atoms with Crippen LogP contribution in [0.5, 0.6) is 0 Å². The summed E-state index contributed by atoms with van der Waals surface area (Å²) in [5.41, 5.74) is 0.836. The van der Waals surface area contributed by atoms with Gasteiger partial charge in [-0.1, -0.05) is 56.3 Å². The summed E-state index contributed by atoms with van der Waals surface area (Å²) in [5, 5.41) is 12.5. The molecule has 0 aromatic heterocycles. The highest BCUT2D eigenvalue weighted by atomic mass is 16.3. The van der Waals surface area contributed by atoms with Crippen molar-refractivity contribution in [2.75, 3.05) is 0 Å². The molecule has 0 unspecified atom stereocenters. The Balaban J connectivity index is 2.44. The first-order chi connectivity index (χ1) is 8.65. The summed E-state index contributed by atoms with van der Waals surface area (Å²) in [6, 6.07) is 13.7. The van der Waals surface area contributed by atoms with Crippen LogP contribution in [-0.4, -0.2) is 10.9 Å². The van der Waals surface area contributed by atoms with E-state index in [-0.39, 0.29) is 11.7 Å². The molecule has 2 rings (SSSR count). The van der Waals surface area contributed by atoms with Gasteiger partial charge in [0.2, 0.25) is 0 Å². The molecule has 2 nitrogen and oxygen atoms in total. The molecule has 0 aliphatic rings. The molecule has 0 aliphatic carbocycles. The average molecular weight is 242 g/mol. The number of Topliss-reactive ketones (excluding diaryl/α,β-unsaturated/α-hetero) is 1. The third-order valence-electron chi connectivity index (χ3n) is 3.47. The summed E-state index contributed by atoms with van der Waals surface area (Å²) in [6.07, 6.45) is -0.272. The molecule has 0 spiro atoms. The van der Waals surface area contributed by atoms with Gasteiger partial charge in [-0.3, -0.25) is 4.79 Å². The zero-order valence-electron chi connectivity index (χ0n) is 10.8. The Labute approximate surface area is 107 Å². The molecule has 18 heavy (non-hydrogen) atoms. The van der Waals surface area contributed by atoms with Crippen LogP contribution >= 0.6 is 0 Å². The molecule has 1 N–H and O–H groups in total. The second-order valence-corrected chi connectivity index (χ2v) is 4.62. The Morgan fingerprint density at radius 3 is 2.56 bits per heavy atom. The lowest BCUT2D eigenvalue weighted by Crippen LogP contribution is -2.18. The first-order valence-electron chi connectivity index (χ1n) is 6.33. The van der Waals surface area contributed by atoms with Crippen LogP contribution in [0.4, 0.5) is 0 Å². The number of carbonyl (C=O) groups is 1. The van der Waals surface area contributed by atoms with Gasteiger partial charge >= 0.3 is 0 Å². The van der Waals surface area contributed by atoms with Crippen molar-refractivity contribution in [3.63, 3.8) is 0 Å². The molecule has 0 bridgehead atoms. The predicted molar refractivity (Wildman–Crippen MR) is 73.4 cm³/mol. The van der Waals surface area contributed by atoms with Crippen molar-refractivity contribution in [3.05, 3.63) is 48.0 Å². The van der Waals surface area contributed by atoms with Gasteiger partial charge in [-0.25, -0.2) is 0 Å². The van der Waals surface area contributed by atoms with Crippen LogP contribution in [0.1, 0.15) is 31.9 Å². The molecular weight excluding hydrogens is 224 g/mol. The molecule has 0 radical (unpaired) electrons. The van der Waals surface area contributed by atoms with E-state index in [1.165, 1.54) is 0 Å². The molecule has 0 saturated heterocycles. The van der Waals surface area contributed by atoms with Gasteiger partial charge in [0.15, 0.2) is 0 Å². The van der Waals surface area contributed by atoms with Crippen LogP contribution in [0.3, 0.4) is 0 Å². The number of carbonyl (C=O) groups excluding carboxylic acids is 1. The van der Waals surface area contributed by atoms with E-state index in [1.807, 2.05) is 49.4 Å². The second kappa shape index (κ2) is 5.32.